The fourth-order valence-corrected chi connectivity index (χ4v) is 10.7. The largest absolute Gasteiger partial charge is 0.458 e. The van der Waals surface area contributed by atoms with E-state index < -0.39 is 83.2 Å². The molecule has 0 bridgehead atoms. The van der Waals surface area contributed by atoms with E-state index in [1.54, 1.807) is 57.4 Å². The maximum absolute atomic E-state index is 14.6. The third-order valence-corrected chi connectivity index (χ3v) is 14.4. The lowest BCUT2D eigenvalue weighted by Crippen LogP contribution is -2.61. The maximum atomic E-state index is 14.6. The quantitative estimate of drug-likeness (QED) is 0.0976. The molecule has 3 fully saturated rings. The number of ether oxygens (including phenoxy) is 6. The van der Waals surface area contributed by atoms with Gasteiger partial charge in [0.25, 0.3) is 0 Å². The monoisotopic (exact) mass is 985 g/mol. The van der Waals surface area contributed by atoms with Crippen molar-refractivity contribution < 1.29 is 52.7 Å². The minimum Gasteiger partial charge on any atom is -0.458 e. The van der Waals surface area contributed by atoms with Crippen molar-refractivity contribution in [2.24, 2.45) is 17.8 Å². The van der Waals surface area contributed by atoms with Crippen molar-refractivity contribution in [3.05, 3.63) is 30.5 Å². The summed E-state index contributed by atoms with van der Waals surface area (Å²) in [5.41, 5.74) is -1.01. The molecule has 0 aliphatic carbocycles. The molecule has 0 spiro atoms. The number of amides is 2. The van der Waals surface area contributed by atoms with Crippen molar-refractivity contribution in [1.82, 2.24) is 34.6 Å². The van der Waals surface area contributed by atoms with Crippen LogP contribution in [0, 0.1) is 17.8 Å². The third-order valence-electron chi connectivity index (χ3n) is 14.4. The standard InChI is InChI=1S/C51H84N8O11/c1-17-40-51(10)43(59(48(64)70-51)24-19-18-23-58-30-38(53-54-58)35-21-20-22-36(25-35)52-47(63)69-49(6,7)8)34(5)57(15)28-31(2)27-50(9,65-16)44(32(3)41(60)33(4)45(62)67-40)68-46-42(61)39(56(13)14)26-37(66-46)29-55(11)12/h20-22,25,30-34,37,39-40,42-44,46,61H,17-19,23-24,26-29H2,1-16H3,(H,52,63)/t31-,32+,33-,34-,37+,39?,40-,42?,43-,44-,46+,50-,51-/m1/s1. The second-order valence-electron chi connectivity index (χ2n) is 21.9. The Morgan fingerprint density at radius 3 is 2.36 bits per heavy atom. The summed E-state index contributed by atoms with van der Waals surface area (Å²) in [5, 5.41) is 23.2. The molecular weight excluding hydrogens is 901 g/mol. The SMILES string of the molecule is CC[C@H]1OC(=O)[C@H](C)C(=O)[C@H](C)[C@@H](O[C@@H]2O[C@H](CN(C)C)CC(N(C)C)C2O)[C@](C)(OC)C[C@@H](C)CN(C)[C@H](C)[C@H]2N(CCCCn3cc(-c4cccc(NC(=O)OC(C)(C)C)c4)nn3)C(=O)O[C@]12C. The highest BCUT2D eigenvalue weighted by Gasteiger charge is 2.59. The minimum atomic E-state index is -1.27. The molecule has 5 rings (SSSR count). The van der Waals surface area contributed by atoms with Crippen molar-refractivity contribution in [3.8, 4) is 11.3 Å². The molecule has 3 aliphatic rings. The van der Waals surface area contributed by atoms with Crippen LogP contribution in [0.2, 0.25) is 0 Å². The van der Waals surface area contributed by atoms with E-state index in [-0.39, 0.29) is 24.1 Å². The highest BCUT2D eigenvalue weighted by atomic mass is 16.7. The van der Waals surface area contributed by atoms with Crippen LogP contribution in [-0.4, -0.2) is 191 Å². The maximum Gasteiger partial charge on any atom is 0.412 e. The van der Waals surface area contributed by atoms with Gasteiger partial charge >= 0.3 is 18.2 Å². The number of nitrogens with zero attached hydrogens (tertiary/aromatic N) is 7. The van der Waals surface area contributed by atoms with Crippen LogP contribution in [0.25, 0.3) is 11.3 Å². The fourth-order valence-electron chi connectivity index (χ4n) is 10.7. The van der Waals surface area contributed by atoms with Crippen molar-refractivity contribution in [3.63, 3.8) is 0 Å². The predicted octanol–water partition coefficient (Wildman–Crippen LogP) is 5.93. The molecule has 0 radical (unpaired) electrons. The van der Waals surface area contributed by atoms with Gasteiger partial charge in [-0.2, -0.15) is 0 Å². The summed E-state index contributed by atoms with van der Waals surface area (Å²) >= 11 is 0. The number of unbranched alkanes of at least 4 members (excludes halogenated alkanes) is 1. The first-order chi connectivity index (χ1) is 32.7. The number of carbonyl (C=O) groups excluding carboxylic acids is 4. The first-order valence-electron chi connectivity index (χ1n) is 25.0. The van der Waals surface area contributed by atoms with Crippen LogP contribution in [0.4, 0.5) is 15.3 Å². The smallest absolute Gasteiger partial charge is 0.412 e. The third kappa shape index (κ3) is 13.6. The number of rotatable bonds is 14. The Hall–Kier alpha value is -4.24. The van der Waals surface area contributed by atoms with Crippen LogP contribution in [0.3, 0.4) is 0 Å². The number of likely N-dealkylation sites (N-methyl/N-ethyl adjacent to an activating group) is 3. The number of aryl methyl sites for hydroxylation is 1. The average Bonchev–Trinajstić information content (AvgIpc) is 3.85. The zero-order chi connectivity index (χ0) is 52.0. The minimum absolute atomic E-state index is 0.0320. The molecule has 2 N–H and O–H groups in total. The lowest BCUT2D eigenvalue weighted by atomic mass is 9.78. The molecule has 3 saturated heterocycles. The Morgan fingerprint density at radius 1 is 1.04 bits per heavy atom. The molecule has 1 aromatic carbocycles. The van der Waals surface area contributed by atoms with Gasteiger partial charge < -0.3 is 48.2 Å². The summed E-state index contributed by atoms with van der Waals surface area (Å²) in [5.74, 6) is -3.27. The van der Waals surface area contributed by atoms with E-state index in [0.717, 1.165) is 5.56 Å². The molecule has 2 unspecified atom stereocenters. The number of Topliss-reactive ketones (excluding diaryl/α,β-unsaturated/α-hetero) is 1. The zero-order valence-electron chi connectivity index (χ0n) is 44.8. The molecule has 19 heteroatoms. The summed E-state index contributed by atoms with van der Waals surface area (Å²) in [6.07, 6.45) is -0.766. The van der Waals surface area contributed by atoms with Crippen LogP contribution in [0.1, 0.15) is 101 Å². The van der Waals surface area contributed by atoms with E-state index in [1.165, 1.54) is 0 Å². The molecule has 3 aliphatic heterocycles. The van der Waals surface area contributed by atoms with Crippen molar-refractivity contribution in [2.75, 3.05) is 67.3 Å². The van der Waals surface area contributed by atoms with Gasteiger partial charge in [-0.15, -0.1) is 5.10 Å². The molecule has 0 saturated carbocycles. The summed E-state index contributed by atoms with van der Waals surface area (Å²) in [4.78, 5) is 63.3. The molecule has 4 heterocycles. The number of cyclic esters (lactones) is 1. The van der Waals surface area contributed by atoms with Gasteiger partial charge in [0, 0.05) is 62.5 Å². The van der Waals surface area contributed by atoms with Gasteiger partial charge in [0.05, 0.1) is 30.0 Å². The molecule has 2 aromatic rings. The van der Waals surface area contributed by atoms with Crippen LogP contribution in [-0.2, 0) is 44.6 Å². The molecule has 13 atom stereocenters. The van der Waals surface area contributed by atoms with E-state index in [1.807, 2.05) is 90.2 Å². The van der Waals surface area contributed by atoms with Crippen molar-refractivity contribution >= 4 is 29.6 Å². The van der Waals surface area contributed by atoms with Gasteiger partial charge in [0.1, 0.15) is 29.4 Å². The van der Waals surface area contributed by atoms with Crippen LogP contribution < -0.4 is 5.32 Å². The van der Waals surface area contributed by atoms with Gasteiger partial charge in [-0.25, -0.2) is 9.59 Å². The summed E-state index contributed by atoms with van der Waals surface area (Å²) in [6, 6.07) is 6.20. The number of esters is 1. The first-order valence-corrected chi connectivity index (χ1v) is 25.0. The van der Waals surface area contributed by atoms with E-state index >= 15 is 0 Å². The Kier molecular flexibility index (Phi) is 19.1. The van der Waals surface area contributed by atoms with Gasteiger partial charge in [-0.05, 0) is 134 Å². The molecule has 70 heavy (non-hydrogen) atoms. The van der Waals surface area contributed by atoms with Gasteiger partial charge in [-0.3, -0.25) is 24.5 Å². The highest BCUT2D eigenvalue weighted by Crippen LogP contribution is 2.41. The number of benzene rings is 1. The van der Waals surface area contributed by atoms with Gasteiger partial charge in [-0.1, -0.05) is 38.1 Å². The predicted molar refractivity (Wildman–Crippen MR) is 265 cm³/mol. The first kappa shape index (κ1) is 56.7. The number of hydrogen-bond donors (Lipinski definition) is 2. The number of nitrogens with one attached hydrogen (secondary N) is 1. The lowest BCUT2D eigenvalue weighted by Gasteiger charge is -2.47. The highest BCUT2D eigenvalue weighted by molar-refractivity contribution is 6.00. The second-order valence-corrected chi connectivity index (χ2v) is 21.9. The van der Waals surface area contributed by atoms with Crippen LogP contribution in [0.15, 0.2) is 30.5 Å². The molecule has 1 aromatic heterocycles. The number of carbonyl (C=O) groups is 4. The summed E-state index contributed by atoms with van der Waals surface area (Å²) < 4.78 is 39.4. The van der Waals surface area contributed by atoms with Crippen LogP contribution >= 0.6 is 0 Å². The van der Waals surface area contributed by atoms with E-state index in [4.69, 9.17) is 28.4 Å². The molecule has 19 nitrogen and oxygen atoms in total. The number of anilines is 1. The molecule has 2 amide bonds. The van der Waals surface area contributed by atoms with Crippen molar-refractivity contribution in [2.45, 2.75) is 174 Å². The topological polar surface area (TPSA) is 200 Å². The normalized spacial score (nSPS) is 33.1. The number of methoxy groups -OCH3 is 1. The number of ketones is 1. The molecule has 394 valence electrons. The average molecular weight is 985 g/mol. The van der Waals surface area contributed by atoms with E-state index in [2.05, 4.69) is 34.4 Å². The Balaban J connectivity index is 1.36. The Bertz CT molecular complexity index is 2080. The number of fused-ring (bicyclic) bond motifs is 1. The molecular formula is C51H84N8O11. The van der Waals surface area contributed by atoms with Gasteiger partial charge in [0.15, 0.2) is 17.7 Å². The second kappa shape index (κ2) is 23.5. The Labute approximate surface area is 416 Å². The van der Waals surface area contributed by atoms with E-state index in [9.17, 15) is 24.3 Å². The van der Waals surface area contributed by atoms with Gasteiger partial charge in [0.2, 0.25) is 0 Å². The number of hydrogen-bond acceptors (Lipinski definition) is 16. The summed E-state index contributed by atoms with van der Waals surface area (Å²) in [6.45, 7) is 20.6. The zero-order valence-corrected chi connectivity index (χ0v) is 44.8. The Morgan fingerprint density at radius 2 is 1.73 bits per heavy atom. The van der Waals surface area contributed by atoms with Crippen molar-refractivity contribution in [1.29, 1.82) is 0 Å². The number of aliphatic hydroxyl groups excluding tert-OH is 1. The number of aliphatic hydroxyl groups is 1. The fraction of sp³-hybridized carbons (Fsp3) is 0.765. The lowest BCUT2D eigenvalue weighted by molar-refractivity contribution is -0.298. The summed E-state index contributed by atoms with van der Waals surface area (Å²) in [7, 11) is 11.4. The number of aromatic nitrogens is 3. The van der Waals surface area contributed by atoms with E-state index in [0.29, 0.717) is 69.7 Å². The van der Waals surface area contributed by atoms with Crippen LogP contribution in [0.5, 0.6) is 0 Å².